The van der Waals surface area contributed by atoms with Crippen LogP contribution in [-0.2, 0) is 6.54 Å². The molecule has 0 unspecified atom stereocenters. The summed E-state index contributed by atoms with van der Waals surface area (Å²) in [4.78, 5) is 0. The van der Waals surface area contributed by atoms with Gasteiger partial charge in [-0.15, -0.1) is 0 Å². The Morgan fingerprint density at radius 2 is 1.70 bits per heavy atom. The maximum Gasteiger partial charge on any atom is 0.120 e. The van der Waals surface area contributed by atoms with E-state index in [2.05, 4.69) is 25.1 Å². The molecule has 2 N–H and O–H groups in total. The summed E-state index contributed by atoms with van der Waals surface area (Å²) in [5.74, 6) is 4.72. The fraction of sp³-hybridized carbons (Fsp3) is 0.667. The highest BCUT2D eigenvalue weighted by molar-refractivity contribution is 5.35. The molecular weight excluding hydrogens is 246 g/mol. The molecule has 1 aromatic carbocycles. The summed E-state index contributed by atoms with van der Waals surface area (Å²) in [6, 6.07) is 6.41. The summed E-state index contributed by atoms with van der Waals surface area (Å²) in [5, 5.41) is 0. The van der Waals surface area contributed by atoms with E-state index in [1.54, 1.807) is 0 Å². The van der Waals surface area contributed by atoms with Gasteiger partial charge in [-0.2, -0.15) is 0 Å². The maximum atomic E-state index is 6.43. The third kappa shape index (κ3) is 2.05. The van der Waals surface area contributed by atoms with Crippen LogP contribution in [-0.4, -0.2) is 6.10 Å². The van der Waals surface area contributed by atoms with E-state index in [1.165, 1.54) is 43.2 Å². The Kier molecular flexibility index (Phi) is 3.03. The molecule has 0 heterocycles. The molecule has 108 valence electrons. The van der Waals surface area contributed by atoms with Gasteiger partial charge >= 0.3 is 0 Å². The average molecular weight is 271 g/mol. The highest BCUT2D eigenvalue weighted by Gasteiger charge is 2.49. The van der Waals surface area contributed by atoms with Crippen LogP contribution in [0.4, 0.5) is 0 Å². The minimum absolute atomic E-state index is 0.478. The standard InChI is InChI=1S/C18H25NO/c1-11-4-17(3-2-14(11)10-19)20-18-15-6-12-5-13(8-15)9-16(18)7-12/h2-4,12-13,15-16,18H,5-10,19H2,1H3. The molecule has 0 aliphatic heterocycles. The summed E-state index contributed by atoms with van der Waals surface area (Å²) in [7, 11) is 0. The molecule has 0 aromatic heterocycles. The summed E-state index contributed by atoms with van der Waals surface area (Å²) >= 11 is 0. The fourth-order valence-electron chi connectivity index (χ4n) is 5.20. The van der Waals surface area contributed by atoms with E-state index in [1.807, 2.05) is 0 Å². The number of aryl methyl sites for hydroxylation is 1. The van der Waals surface area contributed by atoms with Crippen LogP contribution in [0.1, 0.15) is 43.2 Å². The van der Waals surface area contributed by atoms with Crippen molar-refractivity contribution in [2.45, 2.75) is 51.7 Å². The van der Waals surface area contributed by atoms with E-state index in [0.29, 0.717) is 12.6 Å². The van der Waals surface area contributed by atoms with Crippen LogP contribution in [0.2, 0.25) is 0 Å². The maximum absolute atomic E-state index is 6.43. The molecule has 4 saturated carbocycles. The van der Waals surface area contributed by atoms with E-state index in [4.69, 9.17) is 10.5 Å². The van der Waals surface area contributed by atoms with Crippen molar-refractivity contribution in [1.82, 2.24) is 0 Å². The van der Waals surface area contributed by atoms with Crippen LogP contribution in [0.15, 0.2) is 18.2 Å². The van der Waals surface area contributed by atoms with E-state index < -0.39 is 0 Å². The number of nitrogens with two attached hydrogens (primary N) is 1. The second-order valence-electron chi connectivity index (χ2n) is 7.31. The Morgan fingerprint density at radius 3 is 2.25 bits per heavy atom. The van der Waals surface area contributed by atoms with Crippen molar-refractivity contribution in [3.63, 3.8) is 0 Å². The fourth-order valence-corrected chi connectivity index (χ4v) is 5.20. The third-order valence-electron chi connectivity index (χ3n) is 5.95. The molecule has 4 aliphatic carbocycles. The van der Waals surface area contributed by atoms with E-state index in [-0.39, 0.29) is 0 Å². The Labute approximate surface area is 121 Å². The van der Waals surface area contributed by atoms with Gasteiger partial charge < -0.3 is 10.5 Å². The number of rotatable bonds is 3. The second-order valence-corrected chi connectivity index (χ2v) is 7.31. The number of hydrogen-bond donors (Lipinski definition) is 1. The Hall–Kier alpha value is -1.02. The van der Waals surface area contributed by atoms with Crippen molar-refractivity contribution in [1.29, 1.82) is 0 Å². The van der Waals surface area contributed by atoms with E-state index in [9.17, 15) is 0 Å². The Morgan fingerprint density at radius 1 is 1.05 bits per heavy atom. The van der Waals surface area contributed by atoms with Crippen molar-refractivity contribution >= 4 is 0 Å². The predicted octanol–water partition coefficient (Wildman–Crippen LogP) is 3.66. The van der Waals surface area contributed by atoms with Gasteiger partial charge in [0.2, 0.25) is 0 Å². The minimum Gasteiger partial charge on any atom is -0.490 e. The first-order valence-electron chi connectivity index (χ1n) is 8.19. The lowest BCUT2D eigenvalue weighted by atomic mass is 9.55. The van der Waals surface area contributed by atoms with Gasteiger partial charge in [0, 0.05) is 6.54 Å². The highest BCUT2D eigenvalue weighted by atomic mass is 16.5. The van der Waals surface area contributed by atoms with Gasteiger partial charge in [-0.05, 0) is 86.0 Å². The number of ether oxygens (including phenoxy) is 1. The molecule has 4 bridgehead atoms. The first-order valence-corrected chi connectivity index (χ1v) is 8.19. The summed E-state index contributed by atoms with van der Waals surface area (Å²) in [5.41, 5.74) is 8.22. The van der Waals surface area contributed by atoms with Gasteiger partial charge in [0.05, 0.1) is 0 Å². The SMILES string of the molecule is Cc1cc(OC2C3CC4CC(C3)CC2C4)ccc1CN. The van der Waals surface area contributed by atoms with Crippen molar-refractivity contribution in [2.24, 2.45) is 29.4 Å². The Balaban J connectivity index is 1.53. The molecule has 0 radical (unpaired) electrons. The molecular formula is C18H25NO. The zero-order valence-electron chi connectivity index (χ0n) is 12.3. The molecule has 0 spiro atoms. The quantitative estimate of drug-likeness (QED) is 0.910. The zero-order valence-corrected chi connectivity index (χ0v) is 12.3. The lowest BCUT2D eigenvalue weighted by molar-refractivity contribution is -0.0789. The summed E-state index contributed by atoms with van der Waals surface area (Å²) in [6.07, 6.45) is 7.64. The van der Waals surface area contributed by atoms with Gasteiger partial charge in [-0.3, -0.25) is 0 Å². The zero-order chi connectivity index (χ0) is 13.7. The van der Waals surface area contributed by atoms with Crippen molar-refractivity contribution in [3.05, 3.63) is 29.3 Å². The van der Waals surface area contributed by atoms with Crippen LogP contribution >= 0.6 is 0 Å². The highest BCUT2D eigenvalue weighted by Crippen LogP contribution is 2.54. The number of benzene rings is 1. The topological polar surface area (TPSA) is 35.2 Å². The van der Waals surface area contributed by atoms with E-state index >= 15 is 0 Å². The van der Waals surface area contributed by atoms with Crippen LogP contribution < -0.4 is 10.5 Å². The lowest BCUT2D eigenvalue weighted by Crippen LogP contribution is -2.50. The van der Waals surface area contributed by atoms with Gasteiger partial charge in [0.25, 0.3) is 0 Å². The summed E-state index contributed by atoms with van der Waals surface area (Å²) in [6.45, 7) is 2.75. The van der Waals surface area contributed by atoms with E-state index in [0.717, 1.165) is 29.4 Å². The number of hydrogen-bond acceptors (Lipinski definition) is 2. The molecule has 4 fully saturated rings. The monoisotopic (exact) mass is 271 g/mol. The molecule has 0 atom stereocenters. The van der Waals surface area contributed by atoms with Gasteiger partial charge in [-0.25, -0.2) is 0 Å². The van der Waals surface area contributed by atoms with Gasteiger partial charge in [0.15, 0.2) is 0 Å². The first-order chi connectivity index (χ1) is 9.72. The largest absolute Gasteiger partial charge is 0.490 e. The molecule has 4 aliphatic rings. The molecule has 0 amide bonds. The molecule has 1 aromatic rings. The first kappa shape index (κ1) is 12.7. The van der Waals surface area contributed by atoms with Crippen LogP contribution in [0.3, 0.4) is 0 Å². The Bertz CT molecular complexity index is 482. The minimum atomic E-state index is 0.478. The van der Waals surface area contributed by atoms with Crippen molar-refractivity contribution in [2.75, 3.05) is 0 Å². The smallest absolute Gasteiger partial charge is 0.120 e. The van der Waals surface area contributed by atoms with Crippen LogP contribution in [0.25, 0.3) is 0 Å². The third-order valence-corrected chi connectivity index (χ3v) is 5.95. The molecule has 0 saturated heterocycles. The molecule has 20 heavy (non-hydrogen) atoms. The average Bonchev–Trinajstić information content (AvgIpc) is 2.42. The van der Waals surface area contributed by atoms with Gasteiger partial charge in [0.1, 0.15) is 11.9 Å². The molecule has 2 heteroatoms. The van der Waals surface area contributed by atoms with Crippen molar-refractivity contribution < 1.29 is 4.74 Å². The van der Waals surface area contributed by atoms with Crippen molar-refractivity contribution in [3.8, 4) is 5.75 Å². The second kappa shape index (κ2) is 4.77. The molecule has 5 rings (SSSR count). The predicted molar refractivity (Wildman–Crippen MR) is 80.5 cm³/mol. The molecule has 2 nitrogen and oxygen atoms in total. The van der Waals surface area contributed by atoms with Gasteiger partial charge in [-0.1, -0.05) is 6.07 Å². The van der Waals surface area contributed by atoms with Crippen LogP contribution in [0.5, 0.6) is 5.75 Å². The summed E-state index contributed by atoms with van der Waals surface area (Å²) < 4.78 is 6.43. The lowest BCUT2D eigenvalue weighted by Gasteiger charge is -2.53. The normalized spacial score (nSPS) is 38.2. The van der Waals surface area contributed by atoms with Crippen LogP contribution in [0, 0.1) is 30.6 Å².